The normalized spacial score (nSPS) is 18.8. The Bertz CT molecular complexity index is 528. The van der Waals surface area contributed by atoms with Crippen molar-refractivity contribution < 1.29 is 0 Å². The van der Waals surface area contributed by atoms with Crippen LogP contribution in [0.5, 0.6) is 0 Å². The predicted molar refractivity (Wildman–Crippen MR) is 82.6 cm³/mol. The topological polar surface area (TPSA) is 24.9 Å². The average Bonchev–Trinajstić information content (AvgIpc) is 2.93. The molecular formula is C16H22N2S. The van der Waals surface area contributed by atoms with Crippen molar-refractivity contribution >= 4 is 21.6 Å². The maximum absolute atomic E-state index is 4.57. The SMILES string of the molecule is CNC(CC1CCCCC1)c1cnc2ccsc2c1. The Morgan fingerprint density at radius 1 is 1.37 bits per heavy atom. The summed E-state index contributed by atoms with van der Waals surface area (Å²) in [5, 5.41) is 5.61. The van der Waals surface area contributed by atoms with E-state index in [9.17, 15) is 0 Å². The van der Waals surface area contributed by atoms with Crippen molar-refractivity contribution in [3.63, 3.8) is 0 Å². The van der Waals surface area contributed by atoms with Gasteiger partial charge in [-0.1, -0.05) is 32.1 Å². The van der Waals surface area contributed by atoms with Crippen LogP contribution in [-0.4, -0.2) is 12.0 Å². The van der Waals surface area contributed by atoms with E-state index < -0.39 is 0 Å². The summed E-state index contributed by atoms with van der Waals surface area (Å²) >= 11 is 1.79. The molecule has 2 nitrogen and oxygen atoms in total. The van der Waals surface area contributed by atoms with Crippen molar-refractivity contribution in [2.24, 2.45) is 5.92 Å². The van der Waals surface area contributed by atoms with Crippen molar-refractivity contribution in [1.82, 2.24) is 10.3 Å². The molecule has 1 atom stereocenters. The third-order valence-electron chi connectivity index (χ3n) is 4.37. The molecule has 0 amide bonds. The van der Waals surface area contributed by atoms with Crippen molar-refractivity contribution in [2.75, 3.05) is 7.05 Å². The van der Waals surface area contributed by atoms with Gasteiger partial charge >= 0.3 is 0 Å². The number of rotatable bonds is 4. The number of hydrogen-bond acceptors (Lipinski definition) is 3. The zero-order valence-electron chi connectivity index (χ0n) is 11.6. The van der Waals surface area contributed by atoms with Crippen LogP contribution in [0.1, 0.15) is 50.1 Å². The zero-order valence-corrected chi connectivity index (χ0v) is 12.4. The lowest BCUT2D eigenvalue weighted by Gasteiger charge is -2.26. The molecule has 0 bridgehead atoms. The Labute approximate surface area is 119 Å². The van der Waals surface area contributed by atoms with Crippen LogP contribution in [0, 0.1) is 5.92 Å². The molecule has 1 aliphatic rings. The number of pyridine rings is 1. The largest absolute Gasteiger partial charge is 0.313 e. The average molecular weight is 274 g/mol. The molecule has 1 fully saturated rings. The number of fused-ring (bicyclic) bond motifs is 1. The fourth-order valence-corrected chi connectivity index (χ4v) is 4.02. The quantitative estimate of drug-likeness (QED) is 0.886. The highest BCUT2D eigenvalue weighted by Gasteiger charge is 2.19. The van der Waals surface area contributed by atoms with Crippen LogP contribution < -0.4 is 5.32 Å². The number of nitrogens with one attached hydrogen (secondary N) is 1. The molecule has 0 saturated heterocycles. The maximum Gasteiger partial charge on any atom is 0.0809 e. The Morgan fingerprint density at radius 3 is 3.00 bits per heavy atom. The lowest BCUT2D eigenvalue weighted by atomic mass is 9.83. The van der Waals surface area contributed by atoms with E-state index in [1.54, 1.807) is 11.3 Å². The highest BCUT2D eigenvalue weighted by molar-refractivity contribution is 7.17. The fourth-order valence-electron chi connectivity index (χ4n) is 3.23. The van der Waals surface area contributed by atoms with Gasteiger partial charge in [-0.2, -0.15) is 0 Å². The molecule has 3 rings (SSSR count). The van der Waals surface area contributed by atoms with Gasteiger partial charge in [-0.25, -0.2) is 0 Å². The third-order valence-corrected chi connectivity index (χ3v) is 5.22. The standard InChI is InChI=1S/C16H22N2S/c1-17-15(9-12-5-3-2-4-6-12)13-10-16-14(18-11-13)7-8-19-16/h7-8,10-12,15,17H,2-6,9H2,1H3. The fraction of sp³-hybridized carbons (Fsp3) is 0.562. The summed E-state index contributed by atoms with van der Waals surface area (Å²) in [6.45, 7) is 0. The highest BCUT2D eigenvalue weighted by Crippen LogP contribution is 2.32. The Balaban J connectivity index is 1.76. The van der Waals surface area contributed by atoms with Gasteiger partial charge in [0.15, 0.2) is 0 Å². The van der Waals surface area contributed by atoms with Crippen LogP contribution in [0.25, 0.3) is 10.2 Å². The molecular weight excluding hydrogens is 252 g/mol. The zero-order chi connectivity index (χ0) is 13.1. The molecule has 0 aliphatic heterocycles. The van der Waals surface area contributed by atoms with E-state index in [4.69, 9.17) is 0 Å². The van der Waals surface area contributed by atoms with E-state index in [1.165, 1.54) is 48.8 Å². The summed E-state index contributed by atoms with van der Waals surface area (Å²) in [4.78, 5) is 4.57. The van der Waals surface area contributed by atoms with E-state index in [-0.39, 0.29) is 0 Å². The summed E-state index contributed by atoms with van der Waals surface area (Å²) in [5.41, 5.74) is 2.48. The number of aromatic nitrogens is 1. The van der Waals surface area contributed by atoms with Crippen molar-refractivity contribution in [3.05, 3.63) is 29.3 Å². The first-order valence-electron chi connectivity index (χ1n) is 7.37. The Hall–Kier alpha value is -0.930. The monoisotopic (exact) mass is 274 g/mol. The van der Waals surface area contributed by atoms with E-state index in [1.807, 2.05) is 0 Å². The maximum atomic E-state index is 4.57. The number of thiophene rings is 1. The van der Waals surface area contributed by atoms with Crippen LogP contribution in [-0.2, 0) is 0 Å². The van der Waals surface area contributed by atoms with E-state index in [0.29, 0.717) is 6.04 Å². The van der Waals surface area contributed by atoms with Gasteiger partial charge in [-0.3, -0.25) is 4.98 Å². The molecule has 0 spiro atoms. The first kappa shape index (κ1) is 13.1. The van der Waals surface area contributed by atoms with Gasteiger partial charge < -0.3 is 5.32 Å². The minimum atomic E-state index is 0.460. The molecule has 3 heteroatoms. The summed E-state index contributed by atoms with van der Waals surface area (Å²) < 4.78 is 1.31. The van der Waals surface area contributed by atoms with Crippen LogP contribution in [0.2, 0.25) is 0 Å². The second-order valence-corrected chi connectivity index (χ2v) is 6.60. The molecule has 1 unspecified atom stereocenters. The van der Waals surface area contributed by atoms with Crippen molar-refractivity contribution in [2.45, 2.75) is 44.6 Å². The number of hydrogen-bond donors (Lipinski definition) is 1. The van der Waals surface area contributed by atoms with Gasteiger partial charge in [-0.15, -0.1) is 11.3 Å². The molecule has 19 heavy (non-hydrogen) atoms. The summed E-state index contributed by atoms with van der Waals surface area (Å²) in [6, 6.07) is 4.87. The van der Waals surface area contributed by atoms with Crippen molar-refractivity contribution in [1.29, 1.82) is 0 Å². The van der Waals surface area contributed by atoms with Crippen LogP contribution >= 0.6 is 11.3 Å². The second-order valence-electron chi connectivity index (χ2n) is 5.65. The lowest BCUT2D eigenvalue weighted by molar-refractivity contribution is 0.305. The first-order valence-corrected chi connectivity index (χ1v) is 8.25. The van der Waals surface area contributed by atoms with E-state index >= 15 is 0 Å². The minimum absolute atomic E-state index is 0.460. The molecule has 0 aromatic carbocycles. The van der Waals surface area contributed by atoms with Gasteiger partial charge in [0, 0.05) is 12.2 Å². The molecule has 0 radical (unpaired) electrons. The van der Waals surface area contributed by atoms with E-state index in [2.05, 4.69) is 41.1 Å². The molecule has 2 heterocycles. The second kappa shape index (κ2) is 6.02. The van der Waals surface area contributed by atoms with Crippen LogP contribution in [0.15, 0.2) is 23.7 Å². The first-order chi connectivity index (χ1) is 9.36. The molecule has 1 saturated carbocycles. The molecule has 2 aromatic rings. The van der Waals surface area contributed by atoms with Crippen LogP contribution in [0.4, 0.5) is 0 Å². The highest BCUT2D eigenvalue weighted by atomic mass is 32.1. The Kier molecular flexibility index (Phi) is 4.14. The smallest absolute Gasteiger partial charge is 0.0809 e. The lowest BCUT2D eigenvalue weighted by Crippen LogP contribution is -2.21. The third kappa shape index (κ3) is 2.98. The molecule has 2 aromatic heterocycles. The predicted octanol–water partition coefficient (Wildman–Crippen LogP) is 4.53. The van der Waals surface area contributed by atoms with Gasteiger partial charge in [-0.05, 0) is 42.5 Å². The van der Waals surface area contributed by atoms with Gasteiger partial charge in [0.2, 0.25) is 0 Å². The molecule has 102 valence electrons. The number of nitrogens with zero attached hydrogens (tertiary/aromatic N) is 1. The molecule has 1 N–H and O–H groups in total. The molecule has 1 aliphatic carbocycles. The van der Waals surface area contributed by atoms with Gasteiger partial charge in [0.05, 0.1) is 10.2 Å². The minimum Gasteiger partial charge on any atom is -0.313 e. The summed E-state index contributed by atoms with van der Waals surface area (Å²) in [7, 11) is 2.08. The summed E-state index contributed by atoms with van der Waals surface area (Å²) in [5.74, 6) is 0.894. The van der Waals surface area contributed by atoms with Crippen molar-refractivity contribution in [3.8, 4) is 0 Å². The summed E-state index contributed by atoms with van der Waals surface area (Å²) in [6.07, 6.45) is 10.4. The Morgan fingerprint density at radius 2 is 2.21 bits per heavy atom. The van der Waals surface area contributed by atoms with Gasteiger partial charge in [0.1, 0.15) is 0 Å². The van der Waals surface area contributed by atoms with Crippen LogP contribution in [0.3, 0.4) is 0 Å². The van der Waals surface area contributed by atoms with E-state index in [0.717, 1.165) is 11.4 Å². The van der Waals surface area contributed by atoms with Gasteiger partial charge in [0.25, 0.3) is 0 Å².